The van der Waals surface area contributed by atoms with Crippen molar-refractivity contribution in [3.63, 3.8) is 0 Å². The summed E-state index contributed by atoms with van der Waals surface area (Å²) < 4.78 is 0. The van der Waals surface area contributed by atoms with Gasteiger partial charge in [-0.15, -0.1) is 11.3 Å². The number of anilines is 3. The number of hydrogen-bond donors (Lipinski definition) is 0. The number of allylic oxidation sites excluding steroid dienone is 5. The maximum absolute atomic E-state index is 4.27. The Kier molecular flexibility index (Phi) is 7.53. The topological polar surface area (TPSA) is 6.48 Å². The second-order valence-electron chi connectivity index (χ2n) is 9.27. The smallest absolute Gasteiger partial charge is 0.0593 e. The van der Waals surface area contributed by atoms with Crippen LogP contribution in [-0.2, 0) is 0 Å². The Morgan fingerprint density at radius 3 is 2.16 bits per heavy atom. The van der Waals surface area contributed by atoms with E-state index in [9.17, 15) is 0 Å². The van der Waals surface area contributed by atoms with Gasteiger partial charge in [0, 0.05) is 35.7 Å². The minimum absolute atomic E-state index is 0.374. The molecule has 0 amide bonds. The summed E-state index contributed by atoms with van der Waals surface area (Å²) in [6.07, 6.45) is 12.1. The second-order valence-corrected chi connectivity index (χ2v) is 10.2. The summed E-state index contributed by atoms with van der Waals surface area (Å²) in [6, 6.07) is 31.9. The number of benzene rings is 3. The first-order valence-corrected chi connectivity index (χ1v) is 13.5. The van der Waals surface area contributed by atoms with Gasteiger partial charge in [-0.05, 0) is 72.3 Å². The number of para-hydroxylation sites is 2. The van der Waals surface area contributed by atoms with Gasteiger partial charge in [0.25, 0.3) is 0 Å². The van der Waals surface area contributed by atoms with E-state index in [1.54, 1.807) is 0 Å². The molecule has 1 aliphatic rings. The molecule has 3 aromatic carbocycles. The van der Waals surface area contributed by atoms with E-state index in [2.05, 4.69) is 151 Å². The Morgan fingerprint density at radius 1 is 0.838 bits per heavy atom. The molecule has 1 aliphatic carbocycles. The molecule has 4 aromatic rings. The van der Waals surface area contributed by atoms with Gasteiger partial charge < -0.3 is 9.80 Å². The molecule has 0 bridgehead atoms. The molecule has 1 aromatic heterocycles. The van der Waals surface area contributed by atoms with Crippen LogP contribution in [0.2, 0.25) is 0 Å². The zero-order valence-corrected chi connectivity index (χ0v) is 22.2. The van der Waals surface area contributed by atoms with Gasteiger partial charge in [0.15, 0.2) is 0 Å². The van der Waals surface area contributed by atoms with Crippen LogP contribution in [-0.4, -0.2) is 7.05 Å². The first-order valence-electron chi connectivity index (χ1n) is 12.6. The Bertz CT molecular complexity index is 1430. The lowest BCUT2D eigenvalue weighted by Gasteiger charge is -2.31. The number of rotatable bonds is 8. The molecule has 1 unspecified atom stereocenters. The highest BCUT2D eigenvalue weighted by molar-refractivity contribution is 7.11. The normalized spacial score (nSPS) is 15.0. The van der Waals surface area contributed by atoms with Crippen molar-refractivity contribution in [2.45, 2.75) is 19.3 Å². The van der Waals surface area contributed by atoms with E-state index >= 15 is 0 Å². The lowest BCUT2D eigenvalue weighted by Crippen LogP contribution is -2.21. The monoisotopic (exact) mass is 500 g/mol. The number of fused-ring (bicyclic) bond motifs is 1. The van der Waals surface area contributed by atoms with Crippen LogP contribution in [0.4, 0.5) is 17.1 Å². The van der Waals surface area contributed by atoms with E-state index in [1.807, 2.05) is 17.4 Å². The molecule has 0 aliphatic heterocycles. The Labute approximate surface area is 224 Å². The lowest BCUT2D eigenvalue weighted by atomic mass is 9.89. The van der Waals surface area contributed by atoms with E-state index in [-0.39, 0.29) is 0 Å². The van der Waals surface area contributed by atoms with E-state index < -0.39 is 0 Å². The number of nitrogens with zero attached hydrogens (tertiary/aromatic N) is 2. The van der Waals surface area contributed by atoms with Gasteiger partial charge in [-0.2, -0.15) is 0 Å². The van der Waals surface area contributed by atoms with Crippen molar-refractivity contribution in [2.24, 2.45) is 0 Å². The van der Waals surface area contributed by atoms with E-state index in [0.29, 0.717) is 5.92 Å². The van der Waals surface area contributed by atoms with Crippen LogP contribution in [0, 0.1) is 0 Å². The Balaban J connectivity index is 1.27. The van der Waals surface area contributed by atoms with Gasteiger partial charge in [-0.25, -0.2) is 0 Å². The fraction of sp³-hybridized carbons (Fsp3) is 0.118. The first-order chi connectivity index (χ1) is 18.1. The van der Waals surface area contributed by atoms with Gasteiger partial charge in [0.05, 0.1) is 10.6 Å². The summed E-state index contributed by atoms with van der Waals surface area (Å²) in [5, 5.41) is 2.20. The standard InChI is InChI=1S/C34H32N2S/c1-26(2)36(31-16-8-5-9-17-31)33-23-20-28(32-24-25-37-34(32)33)13-11-10-12-27-18-21-30(22-19-27)35(3)29-14-6-4-7-15-29/h4-19,21-25,28H,1,20H2,2-3H3. The predicted octanol–water partition coefficient (Wildman–Crippen LogP) is 9.65. The summed E-state index contributed by atoms with van der Waals surface area (Å²) in [5.41, 5.74) is 8.35. The molecule has 0 N–H and O–H groups in total. The molecule has 0 spiro atoms. The third kappa shape index (κ3) is 5.52. The van der Waals surface area contributed by atoms with Gasteiger partial charge in [-0.3, -0.25) is 0 Å². The number of hydrogen-bond acceptors (Lipinski definition) is 3. The highest BCUT2D eigenvalue weighted by Gasteiger charge is 2.25. The second kappa shape index (κ2) is 11.3. The zero-order chi connectivity index (χ0) is 25.6. The highest BCUT2D eigenvalue weighted by atomic mass is 32.1. The van der Waals surface area contributed by atoms with Crippen LogP contribution in [0.3, 0.4) is 0 Å². The highest BCUT2D eigenvalue weighted by Crippen LogP contribution is 2.42. The summed E-state index contributed by atoms with van der Waals surface area (Å²) in [4.78, 5) is 5.80. The maximum Gasteiger partial charge on any atom is 0.0593 e. The van der Waals surface area contributed by atoms with Crippen molar-refractivity contribution in [3.8, 4) is 0 Å². The van der Waals surface area contributed by atoms with Crippen molar-refractivity contribution < 1.29 is 0 Å². The van der Waals surface area contributed by atoms with Crippen molar-refractivity contribution in [1.82, 2.24) is 0 Å². The molecule has 37 heavy (non-hydrogen) atoms. The molecule has 0 radical (unpaired) electrons. The van der Waals surface area contributed by atoms with Crippen molar-refractivity contribution in [2.75, 3.05) is 16.8 Å². The fourth-order valence-electron chi connectivity index (χ4n) is 4.77. The third-order valence-corrected chi connectivity index (χ3v) is 7.65. The van der Waals surface area contributed by atoms with Gasteiger partial charge in [-0.1, -0.05) is 85.5 Å². The lowest BCUT2D eigenvalue weighted by molar-refractivity contribution is 0.849. The van der Waals surface area contributed by atoms with E-state index in [1.165, 1.54) is 33.1 Å². The Hall–Kier alpha value is -4.08. The predicted molar refractivity (Wildman–Crippen MR) is 163 cm³/mol. The molecular weight excluding hydrogens is 468 g/mol. The fourth-order valence-corrected chi connectivity index (χ4v) is 5.77. The van der Waals surface area contributed by atoms with Crippen molar-refractivity contribution in [1.29, 1.82) is 0 Å². The summed E-state index contributed by atoms with van der Waals surface area (Å²) in [5.74, 6) is 0.374. The van der Waals surface area contributed by atoms with Gasteiger partial charge in [0.1, 0.15) is 0 Å². The first kappa shape index (κ1) is 24.6. The van der Waals surface area contributed by atoms with Crippen LogP contribution in [0.15, 0.2) is 133 Å². The summed E-state index contributed by atoms with van der Waals surface area (Å²) >= 11 is 1.81. The van der Waals surface area contributed by atoms with Crippen LogP contribution in [0.25, 0.3) is 11.8 Å². The minimum atomic E-state index is 0.374. The van der Waals surface area contributed by atoms with Crippen LogP contribution in [0.1, 0.15) is 35.3 Å². The van der Waals surface area contributed by atoms with Crippen LogP contribution in [0.5, 0.6) is 0 Å². The number of thiophene rings is 1. The van der Waals surface area contributed by atoms with Crippen molar-refractivity contribution in [3.05, 3.63) is 149 Å². The van der Waals surface area contributed by atoms with Crippen molar-refractivity contribution >= 4 is 40.2 Å². The molecule has 5 rings (SSSR count). The summed E-state index contributed by atoms with van der Waals surface area (Å²) in [6.45, 7) is 6.34. The largest absolute Gasteiger partial charge is 0.345 e. The molecule has 1 atom stereocenters. The SMILES string of the molecule is C=C(C)N(C1=CCC(C=CC=Cc2ccc(N(C)c3ccccc3)cc2)c2ccsc21)c1ccccc1. The molecule has 0 saturated carbocycles. The average molecular weight is 501 g/mol. The quantitative estimate of drug-likeness (QED) is 0.222. The van der Waals surface area contributed by atoms with E-state index in [0.717, 1.165) is 17.8 Å². The minimum Gasteiger partial charge on any atom is -0.345 e. The maximum atomic E-state index is 4.27. The molecule has 0 saturated heterocycles. The summed E-state index contributed by atoms with van der Waals surface area (Å²) in [7, 11) is 2.10. The van der Waals surface area contributed by atoms with Gasteiger partial charge >= 0.3 is 0 Å². The van der Waals surface area contributed by atoms with E-state index in [4.69, 9.17) is 0 Å². The average Bonchev–Trinajstić information content (AvgIpc) is 3.44. The molecule has 0 fully saturated rings. The van der Waals surface area contributed by atoms with Gasteiger partial charge in [0.2, 0.25) is 0 Å². The molecular formula is C34H32N2S. The molecule has 184 valence electrons. The zero-order valence-electron chi connectivity index (χ0n) is 21.4. The third-order valence-electron chi connectivity index (χ3n) is 6.70. The molecule has 2 nitrogen and oxygen atoms in total. The molecule has 1 heterocycles. The Morgan fingerprint density at radius 2 is 1.49 bits per heavy atom. The van der Waals surface area contributed by atoms with Crippen LogP contribution < -0.4 is 9.80 Å². The van der Waals surface area contributed by atoms with Crippen LogP contribution >= 0.6 is 11.3 Å². The molecule has 3 heteroatoms.